The van der Waals surface area contributed by atoms with Gasteiger partial charge in [0.15, 0.2) is 0 Å². The molecule has 0 spiro atoms. The summed E-state index contributed by atoms with van der Waals surface area (Å²) >= 11 is 3.42. The van der Waals surface area contributed by atoms with Gasteiger partial charge in [-0.15, -0.1) is 0 Å². The van der Waals surface area contributed by atoms with Crippen LogP contribution in [-0.2, 0) is 0 Å². The fraction of sp³-hybridized carbons (Fsp3) is 0.200. The summed E-state index contributed by atoms with van der Waals surface area (Å²) in [6.07, 6.45) is 0.912. The summed E-state index contributed by atoms with van der Waals surface area (Å²) in [5.74, 6) is 0.734. The molecule has 4 N–H and O–H groups in total. The molecule has 0 bridgehead atoms. The smallest absolute Gasteiger partial charge is 0.213 e. The van der Waals surface area contributed by atoms with E-state index in [0.29, 0.717) is 24.5 Å². The number of alkyl halides is 1. The van der Waals surface area contributed by atoms with Gasteiger partial charge >= 0.3 is 0 Å². The highest BCUT2D eigenvalue weighted by Gasteiger charge is 2.27. The Morgan fingerprint density at radius 3 is 2.81 bits per heavy atom. The van der Waals surface area contributed by atoms with Gasteiger partial charge in [0.1, 0.15) is 12.0 Å². The van der Waals surface area contributed by atoms with Crippen molar-refractivity contribution < 1.29 is 9.80 Å². The molecule has 1 aromatic heterocycles. The van der Waals surface area contributed by atoms with E-state index in [-0.39, 0.29) is 0 Å². The van der Waals surface area contributed by atoms with E-state index in [1.807, 2.05) is 29.2 Å². The third-order valence-corrected chi connectivity index (χ3v) is 4.02. The fourth-order valence-electron chi connectivity index (χ4n) is 2.29. The molecule has 3 rings (SSSR count). The molecule has 108 valence electrons. The predicted octanol–water partition coefficient (Wildman–Crippen LogP) is 1.18. The van der Waals surface area contributed by atoms with Gasteiger partial charge in [0, 0.05) is 16.4 Å². The van der Waals surface area contributed by atoms with Gasteiger partial charge in [0.05, 0.1) is 24.2 Å². The third kappa shape index (κ3) is 2.76. The number of benzene rings is 1. The molecule has 21 heavy (non-hydrogen) atoms. The number of rotatable bonds is 3. The standard InChI is InChI=1S/C15H14BrFN4/c16-10-1-2-13(18)12(6-10)15(19)9-3-4-20-14(5-9)21-7-11(17)8-21/h1-6,11,19H,7-8,18H2/p+1. The minimum Gasteiger partial charge on any atom is -0.398 e. The van der Waals surface area contributed by atoms with Crippen molar-refractivity contribution in [1.29, 1.82) is 0 Å². The zero-order chi connectivity index (χ0) is 15.0. The first-order valence-corrected chi connectivity index (χ1v) is 7.37. The Bertz CT molecular complexity index is 698. The van der Waals surface area contributed by atoms with E-state index in [2.05, 4.69) is 20.9 Å². The highest BCUT2D eigenvalue weighted by Crippen LogP contribution is 2.24. The third-order valence-electron chi connectivity index (χ3n) is 3.52. The van der Waals surface area contributed by atoms with Crippen molar-refractivity contribution in [2.75, 3.05) is 23.7 Å². The molecular weight excluding hydrogens is 335 g/mol. The predicted molar refractivity (Wildman–Crippen MR) is 85.0 cm³/mol. The first-order chi connectivity index (χ1) is 10.0. The molecule has 1 fully saturated rings. The summed E-state index contributed by atoms with van der Waals surface area (Å²) in [4.78, 5) is 6.14. The van der Waals surface area contributed by atoms with Crippen LogP contribution in [0.4, 0.5) is 15.9 Å². The molecule has 0 unspecified atom stereocenters. The Labute approximate surface area is 130 Å². The number of nitrogen functional groups attached to an aromatic ring is 1. The van der Waals surface area contributed by atoms with E-state index in [9.17, 15) is 4.39 Å². The second kappa shape index (κ2) is 5.44. The second-order valence-corrected chi connectivity index (χ2v) is 5.97. The minimum absolute atomic E-state index is 0.384. The monoisotopic (exact) mass is 349 g/mol. The summed E-state index contributed by atoms with van der Waals surface area (Å²) < 4.78 is 13.9. The number of anilines is 2. The first-order valence-electron chi connectivity index (χ1n) is 6.58. The maximum absolute atomic E-state index is 13.0. The van der Waals surface area contributed by atoms with Crippen molar-refractivity contribution in [2.24, 2.45) is 0 Å². The van der Waals surface area contributed by atoms with E-state index < -0.39 is 6.17 Å². The Morgan fingerprint density at radius 2 is 2.10 bits per heavy atom. The number of pyridine rings is 1. The Kier molecular flexibility index (Phi) is 3.63. The quantitative estimate of drug-likeness (QED) is 0.645. The normalized spacial score (nSPS) is 14.9. The van der Waals surface area contributed by atoms with Crippen molar-refractivity contribution in [3.8, 4) is 0 Å². The van der Waals surface area contributed by atoms with Crippen LogP contribution in [0, 0.1) is 0 Å². The first kappa shape index (κ1) is 14.0. The average molecular weight is 350 g/mol. The summed E-state index contributed by atoms with van der Waals surface area (Å²) in [5.41, 5.74) is 8.77. The van der Waals surface area contributed by atoms with Gasteiger partial charge in [-0.3, -0.25) is 5.41 Å². The van der Waals surface area contributed by atoms with Crippen molar-refractivity contribution in [3.63, 3.8) is 0 Å². The lowest BCUT2D eigenvalue weighted by Gasteiger charge is -2.35. The molecule has 0 saturated carbocycles. The molecule has 1 saturated heterocycles. The highest BCUT2D eigenvalue weighted by atomic mass is 79.9. The molecule has 1 aromatic carbocycles. The Balaban J connectivity index is 1.91. The number of nitrogens with two attached hydrogens (primary N) is 2. The second-order valence-electron chi connectivity index (χ2n) is 5.05. The minimum atomic E-state index is -0.766. The zero-order valence-corrected chi connectivity index (χ0v) is 12.8. The Morgan fingerprint density at radius 1 is 1.33 bits per heavy atom. The van der Waals surface area contributed by atoms with Crippen LogP contribution < -0.4 is 16.0 Å². The molecule has 0 aliphatic carbocycles. The maximum atomic E-state index is 13.0. The molecular formula is C15H15BrFN4+. The van der Waals surface area contributed by atoms with Crippen LogP contribution in [0.25, 0.3) is 0 Å². The van der Waals surface area contributed by atoms with Crippen LogP contribution >= 0.6 is 15.9 Å². The maximum Gasteiger partial charge on any atom is 0.213 e. The summed E-state index contributed by atoms with van der Waals surface area (Å²) in [5, 5.41) is 6.24. The molecule has 4 nitrogen and oxygen atoms in total. The number of hydrogen-bond acceptors (Lipinski definition) is 3. The summed E-state index contributed by atoms with van der Waals surface area (Å²) in [6.45, 7) is 0.769. The van der Waals surface area contributed by atoms with E-state index in [4.69, 9.17) is 11.1 Å². The van der Waals surface area contributed by atoms with Crippen LogP contribution in [0.15, 0.2) is 41.0 Å². The van der Waals surface area contributed by atoms with E-state index in [1.165, 1.54) is 0 Å². The fourth-order valence-corrected chi connectivity index (χ4v) is 2.65. The van der Waals surface area contributed by atoms with Crippen LogP contribution in [0.2, 0.25) is 0 Å². The molecule has 0 amide bonds. The molecule has 1 aliphatic rings. The van der Waals surface area contributed by atoms with Gasteiger partial charge in [-0.05, 0) is 30.3 Å². The van der Waals surface area contributed by atoms with Gasteiger partial charge in [-0.25, -0.2) is 9.37 Å². The van der Waals surface area contributed by atoms with Crippen molar-refractivity contribution in [1.82, 2.24) is 4.98 Å². The van der Waals surface area contributed by atoms with Gasteiger partial charge in [0.25, 0.3) is 0 Å². The SMILES string of the molecule is Nc1ccc(Br)cc1C(=[NH2+])c1ccnc(N2CC(F)C2)c1. The summed E-state index contributed by atoms with van der Waals surface area (Å²) in [6, 6.07) is 9.24. The lowest BCUT2D eigenvalue weighted by atomic mass is 10.0. The largest absolute Gasteiger partial charge is 0.398 e. The van der Waals surface area contributed by atoms with Gasteiger partial charge in [-0.1, -0.05) is 15.9 Å². The molecule has 1 aliphatic heterocycles. The van der Waals surface area contributed by atoms with Gasteiger partial charge in [-0.2, -0.15) is 0 Å². The van der Waals surface area contributed by atoms with Gasteiger partial charge < -0.3 is 10.6 Å². The lowest BCUT2D eigenvalue weighted by Crippen LogP contribution is -2.49. The average Bonchev–Trinajstić information content (AvgIpc) is 2.46. The van der Waals surface area contributed by atoms with Crippen LogP contribution in [0.1, 0.15) is 11.1 Å². The van der Waals surface area contributed by atoms with Crippen molar-refractivity contribution in [2.45, 2.75) is 6.17 Å². The lowest BCUT2D eigenvalue weighted by molar-refractivity contribution is -0.111. The van der Waals surface area contributed by atoms with Crippen LogP contribution in [0.3, 0.4) is 0 Å². The zero-order valence-electron chi connectivity index (χ0n) is 11.3. The van der Waals surface area contributed by atoms with E-state index in [1.54, 1.807) is 12.3 Å². The summed E-state index contributed by atoms with van der Waals surface area (Å²) in [7, 11) is 0. The number of halogens is 2. The van der Waals surface area contributed by atoms with Crippen molar-refractivity contribution >= 4 is 33.1 Å². The molecule has 0 radical (unpaired) electrons. The van der Waals surface area contributed by atoms with E-state index >= 15 is 0 Å². The Hall–Kier alpha value is -1.95. The number of aromatic nitrogens is 1. The van der Waals surface area contributed by atoms with Crippen molar-refractivity contribution in [3.05, 3.63) is 52.1 Å². The molecule has 2 aromatic rings. The molecule has 0 atom stereocenters. The highest BCUT2D eigenvalue weighted by molar-refractivity contribution is 9.10. The molecule has 6 heteroatoms. The topological polar surface area (TPSA) is 67.7 Å². The van der Waals surface area contributed by atoms with Crippen LogP contribution in [-0.4, -0.2) is 30.0 Å². The van der Waals surface area contributed by atoms with Crippen LogP contribution in [0.5, 0.6) is 0 Å². The van der Waals surface area contributed by atoms with E-state index in [0.717, 1.165) is 21.4 Å². The number of hydrogen-bond donors (Lipinski definition) is 2. The molecule has 2 heterocycles. The number of nitrogens with zero attached hydrogens (tertiary/aromatic N) is 2. The van der Waals surface area contributed by atoms with Gasteiger partial charge in [0.2, 0.25) is 5.71 Å².